The van der Waals surface area contributed by atoms with E-state index in [4.69, 9.17) is 16.3 Å². The molecule has 0 radical (unpaired) electrons. The van der Waals surface area contributed by atoms with Crippen molar-refractivity contribution in [2.24, 2.45) is 0 Å². The van der Waals surface area contributed by atoms with Crippen LogP contribution in [0.1, 0.15) is 16.9 Å². The topological polar surface area (TPSA) is 61.9 Å². The van der Waals surface area contributed by atoms with Gasteiger partial charge in [0.15, 0.2) is 0 Å². The number of methoxy groups -OCH3 is 1. The predicted octanol–water partition coefficient (Wildman–Crippen LogP) is 5.64. The van der Waals surface area contributed by atoms with Gasteiger partial charge in [-0.25, -0.2) is 9.18 Å². The third-order valence-electron chi connectivity index (χ3n) is 5.03. The first-order valence-electron chi connectivity index (χ1n) is 10.8. The first-order valence-corrected chi connectivity index (χ1v) is 12.1. The van der Waals surface area contributed by atoms with Crippen molar-refractivity contribution in [3.8, 4) is 0 Å². The van der Waals surface area contributed by atoms with E-state index in [9.17, 15) is 14.0 Å². The Balaban J connectivity index is 1.74. The number of ether oxygens (including phenoxy) is 1. The Bertz CT molecular complexity index is 1060. The van der Waals surface area contributed by atoms with Gasteiger partial charge in [0.2, 0.25) is 5.91 Å². The quantitative estimate of drug-likeness (QED) is 0.344. The standard InChI is InChI=1S/C25H27ClFN3O3S/c1-33-13-4-12-29(25(32)28-22-6-2-5-20(26)15-22)18-24(31)30(17-23-7-3-14-34-23)16-19-8-10-21(27)11-9-19/h2-3,5-11,14-15H,4,12-13,16-18H2,1H3,(H,28,32). The summed E-state index contributed by atoms with van der Waals surface area (Å²) in [6, 6.07) is 16.4. The molecule has 0 fully saturated rings. The van der Waals surface area contributed by atoms with Crippen LogP contribution in [0.3, 0.4) is 0 Å². The van der Waals surface area contributed by atoms with Gasteiger partial charge < -0.3 is 19.9 Å². The van der Waals surface area contributed by atoms with E-state index in [1.807, 2.05) is 17.5 Å². The molecule has 0 aliphatic carbocycles. The van der Waals surface area contributed by atoms with Gasteiger partial charge in [0.1, 0.15) is 12.4 Å². The molecule has 0 spiro atoms. The largest absolute Gasteiger partial charge is 0.385 e. The van der Waals surface area contributed by atoms with Crippen LogP contribution in [0.2, 0.25) is 5.02 Å². The van der Waals surface area contributed by atoms with E-state index in [2.05, 4.69) is 5.32 Å². The smallest absolute Gasteiger partial charge is 0.322 e. The molecule has 3 rings (SSSR count). The molecule has 0 saturated heterocycles. The summed E-state index contributed by atoms with van der Waals surface area (Å²) >= 11 is 7.58. The van der Waals surface area contributed by atoms with Gasteiger partial charge in [-0.2, -0.15) is 0 Å². The van der Waals surface area contributed by atoms with Gasteiger partial charge in [0.05, 0.1) is 6.54 Å². The number of anilines is 1. The highest BCUT2D eigenvalue weighted by Gasteiger charge is 2.22. The van der Waals surface area contributed by atoms with Gasteiger partial charge in [0, 0.05) is 42.4 Å². The second-order valence-electron chi connectivity index (χ2n) is 7.66. The molecule has 0 aliphatic heterocycles. The van der Waals surface area contributed by atoms with Gasteiger partial charge >= 0.3 is 6.03 Å². The number of amides is 3. The maximum absolute atomic E-state index is 13.4. The Morgan fingerprint density at radius 3 is 2.53 bits per heavy atom. The van der Waals surface area contributed by atoms with Crippen molar-refractivity contribution in [3.05, 3.63) is 87.3 Å². The zero-order chi connectivity index (χ0) is 24.3. The first-order chi connectivity index (χ1) is 16.4. The maximum atomic E-state index is 13.4. The van der Waals surface area contributed by atoms with E-state index in [0.29, 0.717) is 43.4 Å². The Morgan fingerprint density at radius 1 is 1.06 bits per heavy atom. The maximum Gasteiger partial charge on any atom is 0.322 e. The molecule has 6 nitrogen and oxygen atoms in total. The van der Waals surface area contributed by atoms with Crippen LogP contribution in [-0.2, 0) is 22.6 Å². The number of nitrogens with one attached hydrogen (secondary N) is 1. The van der Waals surface area contributed by atoms with Gasteiger partial charge in [-0.15, -0.1) is 11.3 Å². The van der Waals surface area contributed by atoms with Crippen molar-refractivity contribution in [3.63, 3.8) is 0 Å². The minimum absolute atomic E-state index is 0.108. The highest BCUT2D eigenvalue weighted by atomic mass is 35.5. The van der Waals surface area contributed by atoms with E-state index in [0.717, 1.165) is 10.4 Å². The summed E-state index contributed by atoms with van der Waals surface area (Å²) in [5, 5.41) is 5.26. The van der Waals surface area contributed by atoms with E-state index in [-0.39, 0.29) is 18.3 Å². The molecule has 0 unspecified atom stereocenters. The normalized spacial score (nSPS) is 10.7. The van der Waals surface area contributed by atoms with Crippen molar-refractivity contribution >= 4 is 40.6 Å². The zero-order valence-corrected chi connectivity index (χ0v) is 20.4. The summed E-state index contributed by atoms with van der Waals surface area (Å²) in [4.78, 5) is 30.5. The fraction of sp³-hybridized carbons (Fsp3) is 0.280. The number of carbonyl (C=O) groups excluding carboxylic acids is 2. The average molecular weight is 504 g/mol. The van der Waals surface area contributed by atoms with E-state index in [1.54, 1.807) is 59.7 Å². The van der Waals surface area contributed by atoms with E-state index < -0.39 is 6.03 Å². The van der Waals surface area contributed by atoms with E-state index >= 15 is 0 Å². The third kappa shape index (κ3) is 8.13. The van der Waals surface area contributed by atoms with Crippen LogP contribution >= 0.6 is 22.9 Å². The minimum Gasteiger partial charge on any atom is -0.385 e. The summed E-state index contributed by atoms with van der Waals surface area (Å²) in [5.41, 5.74) is 1.35. The van der Waals surface area contributed by atoms with Gasteiger partial charge in [-0.3, -0.25) is 4.79 Å². The second-order valence-corrected chi connectivity index (χ2v) is 9.13. The van der Waals surface area contributed by atoms with Gasteiger partial charge in [-0.05, 0) is 53.8 Å². The molecular formula is C25H27ClFN3O3S. The average Bonchev–Trinajstić information content (AvgIpc) is 3.32. The number of rotatable bonds is 11. The lowest BCUT2D eigenvalue weighted by atomic mass is 10.2. The first kappa shape index (κ1) is 25.7. The number of urea groups is 1. The van der Waals surface area contributed by atoms with Crippen LogP contribution < -0.4 is 5.32 Å². The van der Waals surface area contributed by atoms with Crippen LogP contribution in [0.15, 0.2) is 66.0 Å². The number of halogens is 2. The Hall–Kier alpha value is -2.94. The van der Waals surface area contributed by atoms with Crippen molar-refractivity contribution < 1.29 is 18.7 Å². The van der Waals surface area contributed by atoms with Crippen LogP contribution in [0.25, 0.3) is 0 Å². The lowest BCUT2D eigenvalue weighted by molar-refractivity contribution is -0.133. The molecular weight excluding hydrogens is 477 g/mol. The van der Waals surface area contributed by atoms with Crippen LogP contribution in [0.4, 0.5) is 14.9 Å². The van der Waals surface area contributed by atoms with Gasteiger partial charge in [-0.1, -0.05) is 35.9 Å². The molecule has 0 aliphatic rings. The molecule has 1 aromatic heterocycles. The van der Waals surface area contributed by atoms with Crippen molar-refractivity contribution in [2.45, 2.75) is 19.5 Å². The SMILES string of the molecule is COCCCN(CC(=O)N(Cc1ccc(F)cc1)Cc1cccs1)C(=O)Nc1cccc(Cl)c1. The second kappa shape index (κ2) is 13.1. The number of thiophene rings is 1. The lowest BCUT2D eigenvalue weighted by Gasteiger charge is -2.28. The molecule has 1 heterocycles. The Kier molecular flexibility index (Phi) is 9.88. The summed E-state index contributed by atoms with van der Waals surface area (Å²) in [7, 11) is 1.59. The van der Waals surface area contributed by atoms with Crippen LogP contribution in [-0.4, -0.2) is 48.5 Å². The molecule has 1 N–H and O–H groups in total. The number of carbonyl (C=O) groups is 2. The Morgan fingerprint density at radius 2 is 1.85 bits per heavy atom. The number of benzene rings is 2. The lowest BCUT2D eigenvalue weighted by Crippen LogP contribution is -2.44. The monoisotopic (exact) mass is 503 g/mol. The summed E-state index contributed by atoms with van der Waals surface area (Å²) in [5.74, 6) is -0.543. The molecule has 9 heteroatoms. The molecule has 0 bridgehead atoms. The fourth-order valence-corrected chi connectivity index (χ4v) is 4.23. The van der Waals surface area contributed by atoms with Crippen molar-refractivity contribution in [1.82, 2.24) is 9.80 Å². The molecule has 34 heavy (non-hydrogen) atoms. The zero-order valence-electron chi connectivity index (χ0n) is 18.9. The highest BCUT2D eigenvalue weighted by Crippen LogP contribution is 2.17. The summed E-state index contributed by atoms with van der Waals surface area (Å²) < 4.78 is 18.5. The van der Waals surface area contributed by atoms with Crippen molar-refractivity contribution in [2.75, 3.05) is 32.1 Å². The molecule has 180 valence electrons. The van der Waals surface area contributed by atoms with Gasteiger partial charge in [0.25, 0.3) is 0 Å². The molecule has 3 amide bonds. The fourth-order valence-electron chi connectivity index (χ4n) is 3.32. The van der Waals surface area contributed by atoms with Crippen LogP contribution in [0.5, 0.6) is 0 Å². The highest BCUT2D eigenvalue weighted by molar-refractivity contribution is 7.09. The molecule has 0 saturated carbocycles. The van der Waals surface area contributed by atoms with E-state index in [1.165, 1.54) is 17.0 Å². The third-order valence-corrected chi connectivity index (χ3v) is 6.13. The summed E-state index contributed by atoms with van der Waals surface area (Å²) in [6.45, 7) is 1.40. The predicted molar refractivity (Wildman–Crippen MR) is 134 cm³/mol. The minimum atomic E-state index is -0.399. The number of hydrogen-bond acceptors (Lipinski definition) is 4. The summed E-state index contributed by atoms with van der Waals surface area (Å²) in [6.07, 6.45) is 0.579. The molecule has 2 aromatic carbocycles. The van der Waals surface area contributed by atoms with Crippen molar-refractivity contribution in [1.29, 1.82) is 0 Å². The molecule has 0 atom stereocenters. The molecule has 3 aromatic rings. The number of hydrogen-bond donors (Lipinski definition) is 1. The van der Waals surface area contributed by atoms with Crippen LogP contribution in [0, 0.1) is 5.82 Å². The number of nitrogens with zero attached hydrogens (tertiary/aromatic N) is 2. The Labute approximate surface area is 207 Å².